The van der Waals surface area contributed by atoms with Crippen LogP contribution < -0.4 is 5.69 Å². The van der Waals surface area contributed by atoms with Crippen LogP contribution in [0.15, 0.2) is 11.0 Å². The lowest BCUT2D eigenvalue weighted by molar-refractivity contribution is 0.169. The summed E-state index contributed by atoms with van der Waals surface area (Å²) in [5.74, 6) is 1.04. The fourth-order valence-corrected chi connectivity index (χ4v) is 4.34. The van der Waals surface area contributed by atoms with Gasteiger partial charge in [0.05, 0.1) is 12.3 Å². The number of aromatic nitrogens is 4. The van der Waals surface area contributed by atoms with Crippen molar-refractivity contribution in [1.82, 2.24) is 19.1 Å². The zero-order valence-electron chi connectivity index (χ0n) is 11.7. The van der Waals surface area contributed by atoms with E-state index >= 15 is 0 Å². The normalized spacial score (nSPS) is 32.0. The first-order valence-corrected chi connectivity index (χ1v) is 7.70. The molecule has 0 aromatic carbocycles. The number of halogens is 1. The van der Waals surface area contributed by atoms with Crippen LogP contribution in [0.5, 0.6) is 0 Å². The molecule has 2 aliphatic rings. The predicted octanol–water partition coefficient (Wildman–Crippen LogP) is 1.51. The molecular weight excluding hydrogens is 292 g/mol. The molecule has 2 fully saturated rings. The van der Waals surface area contributed by atoms with Gasteiger partial charge in [-0.05, 0) is 49.1 Å². The summed E-state index contributed by atoms with van der Waals surface area (Å²) in [4.78, 5) is 20.8. The van der Waals surface area contributed by atoms with Crippen LogP contribution in [0.25, 0.3) is 11.2 Å². The average molecular weight is 309 g/mol. The van der Waals surface area contributed by atoms with E-state index in [2.05, 4.69) is 9.97 Å². The number of fused-ring (bicyclic) bond motifs is 2. The molecule has 1 N–H and O–H groups in total. The largest absolute Gasteiger partial charge is 0.393 e. The Bertz CT molecular complexity index is 754. The Morgan fingerprint density at radius 1 is 1.29 bits per heavy atom. The van der Waals surface area contributed by atoms with Gasteiger partial charge in [-0.2, -0.15) is 4.98 Å². The molecule has 21 heavy (non-hydrogen) atoms. The summed E-state index contributed by atoms with van der Waals surface area (Å²) in [6.45, 7) is 0. The highest BCUT2D eigenvalue weighted by atomic mass is 35.5. The highest BCUT2D eigenvalue weighted by Crippen LogP contribution is 2.48. The molecule has 4 atom stereocenters. The summed E-state index contributed by atoms with van der Waals surface area (Å²) in [6, 6.07) is 0.148. The summed E-state index contributed by atoms with van der Waals surface area (Å²) in [7, 11) is 1.73. The van der Waals surface area contributed by atoms with E-state index in [9.17, 15) is 9.90 Å². The molecule has 0 bridgehead atoms. The maximum atomic E-state index is 12.5. The Morgan fingerprint density at radius 3 is 2.62 bits per heavy atom. The van der Waals surface area contributed by atoms with E-state index in [1.807, 2.05) is 0 Å². The van der Waals surface area contributed by atoms with Crippen molar-refractivity contribution >= 4 is 22.8 Å². The molecule has 7 heteroatoms. The van der Waals surface area contributed by atoms with Crippen molar-refractivity contribution in [2.75, 3.05) is 0 Å². The lowest BCUT2D eigenvalue weighted by atomic mass is 10.0. The molecule has 0 radical (unpaired) electrons. The van der Waals surface area contributed by atoms with Gasteiger partial charge in [0.2, 0.25) is 5.28 Å². The Morgan fingerprint density at radius 2 is 1.95 bits per heavy atom. The van der Waals surface area contributed by atoms with Crippen LogP contribution >= 0.6 is 11.6 Å². The molecule has 0 saturated heterocycles. The minimum Gasteiger partial charge on any atom is -0.393 e. The first-order valence-electron chi connectivity index (χ1n) is 7.32. The summed E-state index contributed by atoms with van der Waals surface area (Å²) in [6.07, 6.45) is 5.02. The van der Waals surface area contributed by atoms with Crippen LogP contribution in [-0.2, 0) is 7.05 Å². The highest BCUT2D eigenvalue weighted by molar-refractivity contribution is 6.28. The second-order valence-electron chi connectivity index (χ2n) is 6.33. The van der Waals surface area contributed by atoms with Crippen molar-refractivity contribution in [2.24, 2.45) is 18.9 Å². The van der Waals surface area contributed by atoms with E-state index in [4.69, 9.17) is 11.6 Å². The molecular formula is C14H17ClN4O2. The molecule has 2 heterocycles. The van der Waals surface area contributed by atoms with Crippen molar-refractivity contribution in [3.05, 3.63) is 22.0 Å². The number of aryl methyl sites for hydroxylation is 1. The zero-order chi connectivity index (χ0) is 14.7. The van der Waals surface area contributed by atoms with E-state index in [1.54, 1.807) is 22.4 Å². The smallest absolute Gasteiger partial charge is 0.330 e. The number of aliphatic hydroxyl groups excluding tert-OH is 1. The van der Waals surface area contributed by atoms with E-state index in [0.29, 0.717) is 23.0 Å². The SMILES string of the molecule is Cn1c(=O)n(C2C[C@H]3CC(O)C[C@H]3C2)c2nc(Cl)ncc21. The summed E-state index contributed by atoms with van der Waals surface area (Å²) >= 11 is 5.89. The monoisotopic (exact) mass is 308 g/mol. The lowest BCUT2D eigenvalue weighted by Gasteiger charge is -2.13. The van der Waals surface area contributed by atoms with Crippen LogP contribution in [0.3, 0.4) is 0 Å². The van der Waals surface area contributed by atoms with E-state index in [-0.39, 0.29) is 23.1 Å². The fourth-order valence-electron chi connectivity index (χ4n) is 4.21. The first-order chi connectivity index (χ1) is 10.0. The third-order valence-electron chi connectivity index (χ3n) is 5.13. The topological polar surface area (TPSA) is 72.9 Å². The number of hydrogen-bond donors (Lipinski definition) is 1. The van der Waals surface area contributed by atoms with Crippen LogP contribution in [0, 0.1) is 11.8 Å². The molecule has 6 nitrogen and oxygen atoms in total. The molecule has 2 saturated carbocycles. The Hall–Kier alpha value is -1.40. The third kappa shape index (κ3) is 1.92. The van der Waals surface area contributed by atoms with Crippen LogP contribution in [-0.4, -0.2) is 30.3 Å². The summed E-state index contributed by atoms with van der Waals surface area (Å²) in [5, 5.41) is 9.91. The summed E-state index contributed by atoms with van der Waals surface area (Å²) < 4.78 is 3.35. The Kier molecular flexibility index (Phi) is 2.87. The number of nitrogens with zero attached hydrogens (tertiary/aromatic N) is 4. The van der Waals surface area contributed by atoms with Crippen molar-refractivity contribution < 1.29 is 5.11 Å². The Labute approximate surface area is 126 Å². The maximum Gasteiger partial charge on any atom is 0.330 e. The number of aliphatic hydroxyl groups is 1. The van der Waals surface area contributed by atoms with Gasteiger partial charge in [0, 0.05) is 13.1 Å². The van der Waals surface area contributed by atoms with Gasteiger partial charge in [-0.3, -0.25) is 9.13 Å². The van der Waals surface area contributed by atoms with Gasteiger partial charge in [0.15, 0.2) is 5.65 Å². The van der Waals surface area contributed by atoms with E-state index in [1.165, 1.54) is 0 Å². The van der Waals surface area contributed by atoms with Gasteiger partial charge in [-0.25, -0.2) is 9.78 Å². The average Bonchev–Trinajstić information content (AvgIpc) is 3.01. The van der Waals surface area contributed by atoms with Crippen molar-refractivity contribution in [3.8, 4) is 0 Å². The van der Waals surface area contributed by atoms with Crippen LogP contribution in [0.4, 0.5) is 0 Å². The lowest BCUT2D eigenvalue weighted by Crippen LogP contribution is -2.25. The molecule has 0 amide bonds. The minimum atomic E-state index is -0.165. The number of imidazole rings is 1. The van der Waals surface area contributed by atoms with Crippen molar-refractivity contribution in [1.29, 1.82) is 0 Å². The van der Waals surface area contributed by atoms with Gasteiger partial charge >= 0.3 is 5.69 Å². The molecule has 0 spiro atoms. The standard InChI is InChI=1S/C14H17ClN4O2/c1-18-11-6-16-13(15)17-12(11)19(14(18)21)9-2-7-4-10(20)5-8(7)3-9/h6-10,20H,2-5H2,1H3/t7-,8+,9?,10?. The van der Waals surface area contributed by atoms with Gasteiger partial charge in [-0.1, -0.05) is 0 Å². The second-order valence-corrected chi connectivity index (χ2v) is 6.67. The maximum absolute atomic E-state index is 12.5. The van der Waals surface area contributed by atoms with Gasteiger partial charge in [0.25, 0.3) is 0 Å². The minimum absolute atomic E-state index is 0.0629. The van der Waals surface area contributed by atoms with Gasteiger partial charge in [-0.15, -0.1) is 0 Å². The fraction of sp³-hybridized carbons (Fsp3) is 0.643. The molecule has 112 valence electrons. The predicted molar refractivity (Wildman–Crippen MR) is 78.3 cm³/mol. The summed E-state index contributed by atoms with van der Waals surface area (Å²) in [5.41, 5.74) is 1.27. The van der Waals surface area contributed by atoms with Crippen molar-refractivity contribution in [3.63, 3.8) is 0 Å². The van der Waals surface area contributed by atoms with E-state index < -0.39 is 0 Å². The van der Waals surface area contributed by atoms with Crippen molar-refractivity contribution in [2.45, 2.75) is 37.8 Å². The number of rotatable bonds is 1. The first kappa shape index (κ1) is 13.3. The van der Waals surface area contributed by atoms with Gasteiger partial charge < -0.3 is 5.11 Å². The second kappa shape index (κ2) is 4.55. The van der Waals surface area contributed by atoms with Gasteiger partial charge in [0.1, 0.15) is 5.52 Å². The molecule has 0 aliphatic heterocycles. The quantitative estimate of drug-likeness (QED) is 0.810. The highest BCUT2D eigenvalue weighted by Gasteiger charge is 2.42. The molecule has 2 aromatic rings. The van der Waals surface area contributed by atoms with Crippen LogP contribution in [0.1, 0.15) is 31.7 Å². The Balaban J connectivity index is 1.79. The zero-order valence-corrected chi connectivity index (χ0v) is 12.5. The number of hydrogen-bond acceptors (Lipinski definition) is 4. The van der Waals surface area contributed by atoms with E-state index in [0.717, 1.165) is 25.7 Å². The third-order valence-corrected chi connectivity index (χ3v) is 5.32. The molecule has 2 aromatic heterocycles. The molecule has 2 unspecified atom stereocenters. The molecule has 4 rings (SSSR count). The van der Waals surface area contributed by atoms with Crippen LogP contribution in [0.2, 0.25) is 5.28 Å². The molecule has 2 aliphatic carbocycles.